The van der Waals surface area contributed by atoms with Crippen LogP contribution in [-0.2, 0) is 0 Å². The Kier molecular flexibility index (Phi) is 9.81. The molecule has 0 spiro atoms. The van der Waals surface area contributed by atoms with E-state index in [1.54, 1.807) is 12.1 Å². The van der Waals surface area contributed by atoms with Crippen molar-refractivity contribution in [2.45, 2.75) is 103 Å². The Morgan fingerprint density at radius 2 is 1.54 bits per heavy atom. The molecule has 4 aromatic rings. The topological polar surface area (TPSA) is 51.1 Å². The van der Waals surface area contributed by atoms with Gasteiger partial charge in [-0.2, -0.15) is 0 Å². The molecule has 0 amide bonds. The maximum atomic E-state index is 17.2. The van der Waals surface area contributed by atoms with Crippen LogP contribution in [0, 0.1) is 34.9 Å². The average molecular weight is 687 g/mol. The van der Waals surface area contributed by atoms with Gasteiger partial charge in [-0.1, -0.05) is 83.5 Å². The number of hydrogen-bond donors (Lipinski definition) is 0. The van der Waals surface area contributed by atoms with E-state index < -0.39 is 19.7 Å². The highest BCUT2D eigenvalue weighted by molar-refractivity contribution is 7.98. The number of nitrogens with zero attached hydrogens (tertiary/aromatic N) is 4. The van der Waals surface area contributed by atoms with Gasteiger partial charge in [-0.25, -0.2) is 23.7 Å². The fourth-order valence-electron chi connectivity index (χ4n) is 8.57. The predicted molar refractivity (Wildman–Crippen MR) is 199 cm³/mol. The summed E-state index contributed by atoms with van der Waals surface area (Å²) in [7, 11) is -2.19. The highest BCUT2D eigenvalue weighted by Crippen LogP contribution is 2.45. The summed E-state index contributed by atoms with van der Waals surface area (Å²) in [6, 6.07) is 8.79. The van der Waals surface area contributed by atoms with Gasteiger partial charge in [-0.15, -0.1) is 5.54 Å². The lowest BCUT2D eigenvalue weighted by molar-refractivity contribution is 0.236. The van der Waals surface area contributed by atoms with E-state index in [0.717, 1.165) is 18.5 Å². The Bertz CT molecular complexity index is 1880. The molecule has 1 saturated carbocycles. The zero-order chi connectivity index (χ0) is 34.5. The van der Waals surface area contributed by atoms with Gasteiger partial charge in [-0.3, -0.25) is 0 Å². The van der Waals surface area contributed by atoms with Crippen LogP contribution in [0.15, 0.2) is 35.5 Å². The number of ether oxygens (including phenoxy) is 1. The van der Waals surface area contributed by atoms with E-state index in [-0.39, 0.29) is 22.9 Å². The second-order valence-corrected chi connectivity index (χ2v) is 21.3. The van der Waals surface area contributed by atoms with E-state index in [1.807, 2.05) is 32.2 Å². The fraction of sp³-hybridized carbons (Fsp3) is 0.513. The number of rotatable bonds is 8. The largest absolute Gasteiger partial charge is 0.474 e. The Balaban J connectivity index is 1.64. The highest BCUT2D eigenvalue weighted by Gasteiger charge is 2.42. The maximum Gasteiger partial charge on any atom is 0.227 e. The zero-order valence-electron chi connectivity index (χ0n) is 29.7. The number of pyridine rings is 1. The van der Waals surface area contributed by atoms with Crippen molar-refractivity contribution in [1.29, 1.82) is 0 Å². The van der Waals surface area contributed by atoms with E-state index in [0.29, 0.717) is 61.6 Å². The first-order valence-electron chi connectivity index (χ1n) is 17.5. The number of hydrogen-bond acceptors (Lipinski definition) is 6. The molecule has 2 aromatic heterocycles. The molecule has 0 N–H and O–H groups in total. The second-order valence-electron chi connectivity index (χ2n) is 14.9. The highest BCUT2D eigenvalue weighted by atomic mass is 32.2. The molecule has 2 unspecified atom stereocenters. The molecule has 6 rings (SSSR count). The number of thioether (sulfide) groups is 1. The van der Waals surface area contributed by atoms with Crippen LogP contribution in [0.4, 0.5) is 14.6 Å². The molecule has 2 fully saturated rings. The third kappa shape index (κ3) is 6.08. The van der Waals surface area contributed by atoms with Gasteiger partial charge in [0.2, 0.25) is 5.88 Å². The van der Waals surface area contributed by atoms with Gasteiger partial charge in [-0.05, 0) is 79.3 Å². The number of aromatic nitrogens is 3. The molecule has 2 aliphatic rings. The number of halogens is 2. The van der Waals surface area contributed by atoms with Crippen molar-refractivity contribution in [1.82, 2.24) is 15.0 Å². The minimum absolute atomic E-state index is 0.0768. The molecule has 3 heterocycles. The quantitative estimate of drug-likeness (QED) is 0.0796. The van der Waals surface area contributed by atoms with Crippen LogP contribution < -0.4 is 9.64 Å². The first-order valence-corrected chi connectivity index (χ1v) is 20.9. The Morgan fingerprint density at radius 1 is 0.875 bits per heavy atom. The molecule has 1 saturated heterocycles. The number of anilines is 1. The maximum absolute atomic E-state index is 17.2. The van der Waals surface area contributed by atoms with Crippen LogP contribution in [0.3, 0.4) is 0 Å². The van der Waals surface area contributed by atoms with E-state index >= 15 is 8.78 Å². The van der Waals surface area contributed by atoms with Crippen LogP contribution in [-0.4, -0.2) is 48.5 Å². The van der Waals surface area contributed by atoms with Gasteiger partial charge >= 0.3 is 0 Å². The lowest BCUT2D eigenvalue weighted by Gasteiger charge is -2.38. The molecule has 254 valence electrons. The summed E-state index contributed by atoms with van der Waals surface area (Å²) >= 11 is 1.39. The number of piperidine rings is 1. The van der Waals surface area contributed by atoms with Gasteiger partial charge in [0.15, 0.2) is 11.0 Å². The van der Waals surface area contributed by atoms with E-state index in [4.69, 9.17) is 19.7 Å². The van der Waals surface area contributed by atoms with E-state index in [2.05, 4.69) is 57.9 Å². The second kappa shape index (κ2) is 13.6. The standard InChI is InChI=1S/C39H48F2N4OSSi/c1-22(2)46-38-33-36(43-39(47-9)44-37(33)45-20-26-13-14-27(19-26)21-45)34(41)35(42-38)30-12-10-11-28-15-16-31(40)29(32(28)30)17-18-48(23(3)4,24(5)6)25(7)8/h10-12,15-16,22-27H,13-14,19-21H2,1-9H3. The van der Waals surface area contributed by atoms with Gasteiger partial charge in [0.25, 0.3) is 0 Å². The number of benzene rings is 2. The minimum Gasteiger partial charge on any atom is -0.474 e. The summed E-state index contributed by atoms with van der Waals surface area (Å²) in [6.07, 6.45) is 5.34. The SMILES string of the molecule is CSc1nc(N2CC3CCC(C3)C2)c2c(OC(C)C)nc(-c3cccc4ccc(F)c(C#C[Si](C(C)C)(C(C)C)C(C)C)c34)c(F)c2n1. The molecule has 2 bridgehead atoms. The van der Waals surface area contributed by atoms with Crippen LogP contribution >= 0.6 is 11.8 Å². The van der Waals surface area contributed by atoms with E-state index in [9.17, 15) is 0 Å². The van der Waals surface area contributed by atoms with Gasteiger partial charge < -0.3 is 9.64 Å². The van der Waals surface area contributed by atoms with Gasteiger partial charge in [0.05, 0.1) is 11.7 Å². The molecular weight excluding hydrogens is 639 g/mol. The molecule has 9 heteroatoms. The third-order valence-electron chi connectivity index (χ3n) is 10.7. The molecule has 2 aromatic carbocycles. The monoisotopic (exact) mass is 686 g/mol. The molecule has 0 radical (unpaired) electrons. The van der Waals surface area contributed by atoms with Crippen molar-refractivity contribution < 1.29 is 13.5 Å². The molecule has 1 aliphatic heterocycles. The lowest BCUT2D eigenvalue weighted by atomic mass is 9.96. The third-order valence-corrected chi connectivity index (χ3v) is 17.5. The summed E-state index contributed by atoms with van der Waals surface area (Å²) in [5, 5.41) is 2.32. The Labute approximate surface area is 289 Å². The van der Waals surface area contributed by atoms with Crippen molar-refractivity contribution in [3.8, 4) is 28.6 Å². The summed E-state index contributed by atoms with van der Waals surface area (Å²) in [5.41, 5.74) is 5.85. The first kappa shape index (κ1) is 34.6. The van der Waals surface area contributed by atoms with Crippen LogP contribution in [0.2, 0.25) is 16.6 Å². The number of fused-ring (bicyclic) bond motifs is 4. The van der Waals surface area contributed by atoms with Gasteiger partial charge in [0, 0.05) is 24.0 Å². The van der Waals surface area contributed by atoms with Crippen LogP contribution in [0.1, 0.15) is 80.2 Å². The lowest BCUT2D eigenvalue weighted by Crippen LogP contribution is -2.43. The van der Waals surface area contributed by atoms with Crippen molar-refractivity contribution in [2.24, 2.45) is 11.8 Å². The van der Waals surface area contributed by atoms with Crippen LogP contribution in [0.25, 0.3) is 32.9 Å². The minimum atomic E-state index is -2.19. The van der Waals surface area contributed by atoms with E-state index in [1.165, 1.54) is 37.1 Å². The molecule has 5 nitrogen and oxygen atoms in total. The van der Waals surface area contributed by atoms with Crippen molar-refractivity contribution >= 4 is 47.3 Å². The Morgan fingerprint density at radius 3 is 2.15 bits per heavy atom. The molecular formula is C39H48F2N4OSSi. The molecule has 48 heavy (non-hydrogen) atoms. The van der Waals surface area contributed by atoms with Crippen molar-refractivity contribution in [3.05, 3.63) is 47.5 Å². The smallest absolute Gasteiger partial charge is 0.227 e. The van der Waals surface area contributed by atoms with Gasteiger partial charge in [0.1, 0.15) is 36.3 Å². The fourth-order valence-corrected chi connectivity index (χ4v) is 14.1. The summed E-state index contributed by atoms with van der Waals surface area (Å²) in [5.74, 6) is 4.56. The normalized spacial score (nSPS) is 18.1. The summed E-state index contributed by atoms with van der Waals surface area (Å²) in [4.78, 5) is 16.9. The first-order chi connectivity index (χ1) is 22.8. The van der Waals surface area contributed by atoms with Crippen molar-refractivity contribution in [2.75, 3.05) is 24.2 Å². The summed E-state index contributed by atoms with van der Waals surface area (Å²) in [6.45, 7) is 19.1. The van der Waals surface area contributed by atoms with Crippen LogP contribution in [0.5, 0.6) is 5.88 Å². The zero-order valence-corrected chi connectivity index (χ0v) is 31.6. The molecule has 1 aliphatic carbocycles. The average Bonchev–Trinajstić information content (AvgIpc) is 3.38. The molecule has 2 atom stereocenters. The predicted octanol–water partition coefficient (Wildman–Crippen LogP) is 10.4. The summed E-state index contributed by atoms with van der Waals surface area (Å²) < 4.78 is 39.5. The van der Waals surface area contributed by atoms with Crippen molar-refractivity contribution in [3.63, 3.8) is 0 Å². The Hall–Kier alpha value is -3.22.